The van der Waals surface area contributed by atoms with E-state index in [4.69, 9.17) is 21.4 Å². The predicted octanol–water partition coefficient (Wildman–Crippen LogP) is 0.763. The largest absolute Gasteiger partial charge is 1.00 e. The van der Waals surface area contributed by atoms with Gasteiger partial charge in [-0.2, -0.15) is 0 Å². The molecule has 2 aliphatic rings. The molecule has 0 radical (unpaired) electrons. The number of carboxylic acid groups (broad SMARTS) is 1. The molecule has 6 rings (SSSR count). The number of carboxylic acids is 1. The smallest absolute Gasteiger partial charge is 0.872 e. The first kappa shape index (κ1) is 30.8. The SMILES string of the molecule is Cc1nc2cnc(OCCNC(=S)Nc3ccc(-c4c5ccc(=O)cc-5oc5cc([O-])ccc45)c(C(=O)O)c3)cn2c1O.[Na+]. The number of hydrogen-bond donors (Lipinski definition) is 4. The van der Waals surface area contributed by atoms with Crippen molar-refractivity contribution < 1.29 is 58.8 Å². The van der Waals surface area contributed by atoms with Gasteiger partial charge in [-0.3, -0.25) is 9.20 Å². The number of aromatic hydroxyl groups is 1. The second-order valence-corrected chi connectivity index (χ2v) is 9.97. The van der Waals surface area contributed by atoms with Crippen molar-refractivity contribution in [3.05, 3.63) is 88.5 Å². The van der Waals surface area contributed by atoms with Gasteiger partial charge in [0.15, 0.2) is 16.2 Å². The summed E-state index contributed by atoms with van der Waals surface area (Å²) < 4.78 is 12.9. The molecule has 14 heteroatoms. The minimum atomic E-state index is -1.18. The third kappa shape index (κ3) is 6.03. The number of carbonyl (C=O) groups is 1. The first-order valence-electron chi connectivity index (χ1n) is 12.9. The second-order valence-electron chi connectivity index (χ2n) is 9.56. The molecule has 4 aromatic rings. The van der Waals surface area contributed by atoms with Gasteiger partial charge < -0.3 is 35.1 Å². The molecule has 0 spiro atoms. The molecule has 0 amide bonds. The molecule has 0 saturated carbocycles. The third-order valence-corrected chi connectivity index (χ3v) is 6.95. The summed E-state index contributed by atoms with van der Waals surface area (Å²) >= 11 is 5.38. The summed E-state index contributed by atoms with van der Waals surface area (Å²) in [6.45, 7) is 2.19. The van der Waals surface area contributed by atoms with E-state index in [0.29, 0.717) is 45.6 Å². The molecule has 216 valence electrons. The van der Waals surface area contributed by atoms with Crippen molar-refractivity contribution in [2.24, 2.45) is 0 Å². The van der Waals surface area contributed by atoms with Crippen molar-refractivity contribution >= 4 is 45.6 Å². The van der Waals surface area contributed by atoms with Gasteiger partial charge in [0, 0.05) is 28.3 Å². The van der Waals surface area contributed by atoms with Crippen LogP contribution in [0.5, 0.6) is 17.5 Å². The van der Waals surface area contributed by atoms with Crippen molar-refractivity contribution in [3.63, 3.8) is 0 Å². The summed E-state index contributed by atoms with van der Waals surface area (Å²) in [5, 5.41) is 39.0. The molecule has 0 unspecified atom stereocenters. The Morgan fingerprint density at radius 1 is 1.14 bits per heavy atom. The Kier molecular flexibility index (Phi) is 8.74. The maximum absolute atomic E-state index is 12.4. The van der Waals surface area contributed by atoms with E-state index >= 15 is 0 Å². The third-order valence-electron chi connectivity index (χ3n) is 6.71. The van der Waals surface area contributed by atoms with Crippen LogP contribution in [0.1, 0.15) is 16.1 Å². The van der Waals surface area contributed by atoms with Crippen LogP contribution >= 0.6 is 12.2 Å². The van der Waals surface area contributed by atoms with Gasteiger partial charge in [-0.25, -0.2) is 14.8 Å². The first-order chi connectivity index (χ1) is 20.7. The van der Waals surface area contributed by atoms with Crippen LogP contribution in [0.3, 0.4) is 0 Å². The van der Waals surface area contributed by atoms with Crippen molar-refractivity contribution in [1.82, 2.24) is 19.7 Å². The number of benzene rings is 3. The summed E-state index contributed by atoms with van der Waals surface area (Å²) in [4.78, 5) is 32.8. The van der Waals surface area contributed by atoms with E-state index in [1.54, 1.807) is 31.2 Å². The van der Waals surface area contributed by atoms with Gasteiger partial charge in [-0.15, -0.1) is 5.75 Å². The molecule has 44 heavy (non-hydrogen) atoms. The number of hydrogen-bond acceptors (Lipinski definition) is 9. The van der Waals surface area contributed by atoms with Gasteiger partial charge in [0.2, 0.25) is 11.8 Å². The number of nitrogens with one attached hydrogen (secondary N) is 2. The Morgan fingerprint density at radius 2 is 1.93 bits per heavy atom. The van der Waals surface area contributed by atoms with E-state index in [1.807, 2.05) is 0 Å². The standard InChI is InChI=1S/C30H23N5O7S.Na/c1-15-28(38)35-14-26(32-13-25(35)33-15)41-9-8-31-30(43)34-16-2-5-19(22(10-16)29(39)40)27-20-6-3-17(36)11-23(20)42-24-12-18(37)4-7-21(24)27;/h2-7,10-14,36,38H,8-9H2,1H3,(H,39,40)(H2,31,34,43);/q;+1/p-1. The summed E-state index contributed by atoms with van der Waals surface area (Å²) in [7, 11) is 0. The Hall–Kier alpha value is -4.69. The molecule has 4 N–H and O–H groups in total. The normalized spacial score (nSPS) is 10.9. The van der Waals surface area contributed by atoms with Crippen LogP contribution in [0.2, 0.25) is 0 Å². The zero-order valence-electron chi connectivity index (χ0n) is 23.5. The van der Waals surface area contributed by atoms with E-state index in [0.717, 1.165) is 0 Å². The second kappa shape index (κ2) is 12.5. The maximum Gasteiger partial charge on any atom is 1.00 e. The number of nitrogens with zero attached hydrogens (tertiary/aromatic N) is 3. The number of ether oxygens (including phenoxy) is 1. The Labute approximate surface area is 276 Å². The number of thiocarbonyl (C=S) groups is 1. The van der Waals surface area contributed by atoms with E-state index in [2.05, 4.69) is 20.6 Å². The van der Waals surface area contributed by atoms with Crippen LogP contribution in [-0.4, -0.2) is 48.8 Å². The van der Waals surface area contributed by atoms with E-state index in [-0.39, 0.29) is 81.1 Å². The Bertz CT molecular complexity index is 2090. The van der Waals surface area contributed by atoms with Crippen molar-refractivity contribution in [2.75, 3.05) is 18.5 Å². The molecule has 0 fully saturated rings. The molecule has 0 atom stereocenters. The van der Waals surface area contributed by atoms with Crippen LogP contribution in [0, 0.1) is 6.92 Å². The van der Waals surface area contributed by atoms with Crippen LogP contribution in [0.25, 0.3) is 39.1 Å². The average Bonchev–Trinajstić information content (AvgIpc) is 3.26. The number of aromatic carboxylic acids is 1. The summed E-state index contributed by atoms with van der Waals surface area (Å²) in [6.07, 6.45) is 3.02. The number of aryl methyl sites for hydroxylation is 1. The Balaban J connectivity index is 0.00000384. The minimum Gasteiger partial charge on any atom is -0.872 e. The van der Waals surface area contributed by atoms with E-state index in [9.17, 15) is 24.9 Å². The number of imidazole rings is 1. The first-order valence-corrected chi connectivity index (χ1v) is 13.4. The Morgan fingerprint density at radius 3 is 2.73 bits per heavy atom. The molecular formula is C30H22N5NaO7S. The van der Waals surface area contributed by atoms with E-state index < -0.39 is 5.97 Å². The fourth-order valence-electron chi connectivity index (χ4n) is 4.77. The van der Waals surface area contributed by atoms with Gasteiger partial charge in [0.25, 0.3) is 0 Å². The molecule has 2 aromatic heterocycles. The van der Waals surface area contributed by atoms with Gasteiger partial charge in [0.1, 0.15) is 23.6 Å². The maximum atomic E-state index is 12.4. The predicted molar refractivity (Wildman–Crippen MR) is 160 cm³/mol. The number of fused-ring (bicyclic) bond motifs is 3. The van der Waals surface area contributed by atoms with Crippen LogP contribution in [0.4, 0.5) is 5.69 Å². The molecular weight excluding hydrogens is 597 g/mol. The number of anilines is 1. The van der Waals surface area contributed by atoms with Crippen molar-refractivity contribution in [2.45, 2.75) is 6.92 Å². The fraction of sp³-hybridized carbons (Fsp3) is 0.100. The van der Waals surface area contributed by atoms with Crippen LogP contribution in [-0.2, 0) is 0 Å². The topological polar surface area (TPSA) is 174 Å². The molecule has 0 bridgehead atoms. The monoisotopic (exact) mass is 619 g/mol. The minimum absolute atomic E-state index is 0. The number of aromatic nitrogens is 3. The fourth-order valence-corrected chi connectivity index (χ4v) is 4.99. The van der Waals surface area contributed by atoms with Crippen molar-refractivity contribution in [3.8, 4) is 40.0 Å². The zero-order valence-corrected chi connectivity index (χ0v) is 26.3. The summed E-state index contributed by atoms with van der Waals surface area (Å²) in [5.74, 6) is -0.936. The molecule has 2 aromatic carbocycles. The van der Waals surface area contributed by atoms with Gasteiger partial charge in [-0.1, -0.05) is 18.2 Å². The van der Waals surface area contributed by atoms with E-state index in [1.165, 1.54) is 47.1 Å². The number of rotatable bonds is 7. The average molecular weight is 620 g/mol. The van der Waals surface area contributed by atoms with Gasteiger partial charge >= 0.3 is 35.5 Å². The van der Waals surface area contributed by atoms with Crippen LogP contribution < -0.4 is 55.5 Å². The van der Waals surface area contributed by atoms with Gasteiger partial charge in [-0.05, 0) is 55.0 Å². The van der Waals surface area contributed by atoms with Crippen molar-refractivity contribution in [1.29, 1.82) is 0 Å². The summed E-state index contributed by atoms with van der Waals surface area (Å²) in [5.41, 5.74) is 2.74. The molecule has 12 nitrogen and oxygen atoms in total. The quantitative estimate of drug-likeness (QED) is 0.0857. The molecule has 1 aliphatic heterocycles. The van der Waals surface area contributed by atoms with Crippen LogP contribution in [0.15, 0.2) is 76.2 Å². The van der Waals surface area contributed by atoms with Gasteiger partial charge in [0.05, 0.1) is 24.5 Å². The zero-order chi connectivity index (χ0) is 30.2. The molecule has 0 saturated heterocycles. The summed E-state index contributed by atoms with van der Waals surface area (Å²) in [6, 6.07) is 13.3. The molecule has 3 heterocycles. The molecule has 1 aliphatic carbocycles.